The monoisotopic (exact) mass is 322 g/mol. The molecule has 104 valence electrons. The predicted molar refractivity (Wildman–Crippen MR) is 88.9 cm³/mol. The fourth-order valence-corrected chi connectivity index (χ4v) is 4.22. The quantitative estimate of drug-likeness (QED) is 0.748. The van der Waals surface area contributed by atoms with Crippen molar-refractivity contribution in [2.75, 3.05) is 17.6 Å². The smallest absolute Gasteiger partial charge is 0.149 e. The predicted octanol–water partition coefficient (Wildman–Crippen LogP) is 3.87. The molecular formula is C13H14N4S3. The lowest BCUT2D eigenvalue weighted by atomic mass is 10.3. The van der Waals surface area contributed by atoms with Crippen LogP contribution in [-0.2, 0) is 6.42 Å². The largest absolute Gasteiger partial charge is 0.382 e. The lowest BCUT2D eigenvalue weighted by molar-refractivity contribution is 1.05. The molecule has 3 aromatic heterocycles. The Kier molecular flexibility index (Phi) is 4.00. The number of thiazole rings is 1. The summed E-state index contributed by atoms with van der Waals surface area (Å²) in [7, 11) is 0. The fourth-order valence-electron chi connectivity index (χ4n) is 1.85. The average Bonchev–Trinajstić information content (AvgIpc) is 3.12. The first kappa shape index (κ1) is 13.5. The third-order valence-electron chi connectivity index (χ3n) is 2.79. The van der Waals surface area contributed by atoms with E-state index in [-0.39, 0.29) is 0 Å². The van der Waals surface area contributed by atoms with Crippen molar-refractivity contribution < 1.29 is 0 Å². The summed E-state index contributed by atoms with van der Waals surface area (Å²) >= 11 is 4.79. The number of nitrogens with zero attached hydrogens (tertiary/aromatic N) is 2. The number of nitrogen functional groups attached to an aromatic ring is 1. The molecule has 0 aromatic carbocycles. The van der Waals surface area contributed by atoms with Crippen molar-refractivity contribution in [3.05, 3.63) is 33.5 Å². The molecule has 0 amide bonds. The van der Waals surface area contributed by atoms with Gasteiger partial charge in [0.1, 0.15) is 15.8 Å². The van der Waals surface area contributed by atoms with Crippen LogP contribution >= 0.6 is 34.2 Å². The van der Waals surface area contributed by atoms with Gasteiger partial charge in [-0.2, -0.15) is 4.37 Å². The molecule has 3 aromatic rings. The van der Waals surface area contributed by atoms with E-state index in [0.717, 1.165) is 34.2 Å². The average molecular weight is 322 g/mol. The number of nitrogens with one attached hydrogen (secondary N) is 1. The highest BCUT2D eigenvalue weighted by molar-refractivity contribution is 7.15. The van der Waals surface area contributed by atoms with Gasteiger partial charge in [0.25, 0.3) is 0 Å². The molecule has 0 saturated heterocycles. The molecule has 0 atom stereocenters. The van der Waals surface area contributed by atoms with Crippen LogP contribution in [0.1, 0.15) is 10.6 Å². The zero-order valence-electron chi connectivity index (χ0n) is 10.9. The highest BCUT2D eigenvalue weighted by Gasteiger charge is 2.16. The molecule has 0 aliphatic carbocycles. The van der Waals surface area contributed by atoms with Gasteiger partial charge in [0, 0.05) is 22.5 Å². The van der Waals surface area contributed by atoms with E-state index >= 15 is 0 Å². The lowest BCUT2D eigenvalue weighted by Gasteiger charge is -2.04. The molecule has 20 heavy (non-hydrogen) atoms. The van der Waals surface area contributed by atoms with E-state index in [1.807, 2.05) is 12.3 Å². The third kappa shape index (κ3) is 2.84. The maximum atomic E-state index is 5.98. The summed E-state index contributed by atoms with van der Waals surface area (Å²) < 4.78 is 4.24. The van der Waals surface area contributed by atoms with E-state index in [2.05, 4.69) is 32.2 Å². The first-order valence-corrected chi connectivity index (χ1v) is 8.71. The Morgan fingerprint density at radius 1 is 1.35 bits per heavy atom. The highest BCUT2D eigenvalue weighted by Crippen LogP contribution is 2.38. The number of aromatic nitrogens is 2. The van der Waals surface area contributed by atoms with Gasteiger partial charge >= 0.3 is 0 Å². The van der Waals surface area contributed by atoms with Crippen LogP contribution in [0.3, 0.4) is 0 Å². The number of hydrogen-bond acceptors (Lipinski definition) is 7. The van der Waals surface area contributed by atoms with Crippen molar-refractivity contribution in [1.29, 1.82) is 0 Å². The molecule has 4 nitrogen and oxygen atoms in total. The number of nitrogens with two attached hydrogens (primary N) is 1. The topological polar surface area (TPSA) is 63.8 Å². The SMILES string of the molecule is Cc1csc(-c2c(N)nsc2NCCc2cccs2)n1. The minimum atomic E-state index is 0.558. The van der Waals surface area contributed by atoms with Gasteiger partial charge < -0.3 is 11.1 Å². The first-order chi connectivity index (χ1) is 9.74. The summed E-state index contributed by atoms with van der Waals surface area (Å²) in [6.45, 7) is 2.86. The zero-order valence-corrected chi connectivity index (χ0v) is 13.4. The summed E-state index contributed by atoms with van der Waals surface area (Å²) in [6, 6.07) is 4.23. The molecule has 0 aliphatic heterocycles. The zero-order chi connectivity index (χ0) is 13.9. The normalized spacial score (nSPS) is 10.8. The molecular weight excluding hydrogens is 308 g/mol. The Labute approximate surface area is 129 Å². The molecule has 3 N–H and O–H groups in total. The van der Waals surface area contributed by atoms with Gasteiger partial charge in [0.05, 0.1) is 5.56 Å². The van der Waals surface area contributed by atoms with Crippen molar-refractivity contribution >= 4 is 45.0 Å². The van der Waals surface area contributed by atoms with Crippen molar-refractivity contribution in [3.63, 3.8) is 0 Å². The summed E-state index contributed by atoms with van der Waals surface area (Å²) in [5, 5.41) is 9.51. The van der Waals surface area contributed by atoms with Crippen molar-refractivity contribution in [2.45, 2.75) is 13.3 Å². The molecule has 3 heterocycles. The van der Waals surface area contributed by atoms with Crippen LogP contribution in [-0.4, -0.2) is 15.9 Å². The number of aryl methyl sites for hydroxylation is 1. The second kappa shape index (κ2) is 5.90. The minimum Gasteiger partial charge on any atom is -0.382 e. The van der Waals surface area contributed by atoms with Crippen molar-refractivity contribution in [1.82, 2.24) is 9.36 Å². The number of thiophene rings is 1. The van der Waals surface area contributed by atoms with Crippen molar-refractivity contribution in [2.24, 2.45) is 0 Å². The molecule has 0 bridgehead atoms. The van der Waals surface area contributed by atoms with Crippen molar-refractivity contribution in [3.8, 4) is 10.6 Å². The second-order valence-electron chi connectivity index (χ2n) is 4.32. The maximum Gasteiger partial charge on any atom is 0.149 e. The van der Waals surface area contributed by atoms with E-state index < -0.39 is 0 Å². The number of rotatable bonds is 5. The molecule has 0 aliphatic rings. The molecule has 0 radical (unpaired) electrons. The van der Waals surface area contributed by atoms with Crippen LogP contribution < -0.4 is 11.1 Å². The van der Waals surface area contributed by atoms with Crippen LogP contribution in [0.4, 0.5) is 10.8 Å². The Bertz CT molecular complexity index is 684. The van der Waals surface area contributed by atoms with Gasteiger partial charge in [0.2, 0.25) is 0 Å². The minimum absolute atomic E-state index is 0.558. The Hall–Kier alpha value is -1.44. The van der Waals surface area contributed by atoms with E-state index in [1.165, 1.54) is 16.4 Å². The van der Waals surface area contributed by atoms with Crippen LogP contribution in [0.2, 0.25) is 0 Å². The maximum absolute atomic E-state index is 5.98. The number of anilines is 2. The van der Waals surface area contributed by atoms with E-state index in [4.69, 9.17) is 5.73 Å². The van der Waals surface area contributed by atoms with Crippen LogP contribution in [0.15, 0.2) is 22.9 Å². The van der Waals surface area contributed by atoms with Gasteiger partial charge in [-0.1, -0.05) is 6.07 Å². The molecule has 3 rings (SSSR count). The summed E-state index contributed by atoms with van der Waals surface area (Å²) in [4.78, 5) is 5.88. The molecule has 0 saturated carbocycles. The Morgan fingerprint density at radius 2 is 2.25 bits per heavy atom. The van der Waals surface area contributed by atoms with Crippen LogP contribution in [0.25, 0.3) is 10.6 Å². The molecule has 0 fully saturated rings. The van der Waals surface area contributed by atoms with E-state index in [0.29, 0.717) is 5.82 Å². The Morgan fingerprint density at radius 3 is 2.95 bits per heavy atom. The Balaban J connectivity index is 1.74. The summed E-state index contributed by atoms with van der Waals surface area (Å²) in [5.41, 5.74) is 7.93. The molecule has 7 heteroatoms. The fraction of sp³-hybridized carbons (Fsp3) is 0.231. The van der Waals surface area contributed by atoms with Crippen LogP contribution in [0, 0.1) is 6.92 Å². The summed E-state index contributed by atoms with van der Waals surface area (Å²) in [6.07, 6.45) is 1.01. The van der Waals surface area contributed by atoms with Gasteiger partial charge in [-0.05, 0) is 36.3 Å². The van der Waals surface area contributed by atoms with Crippen LogP contribution in [0.5, 0.6) is 0 Å². The van der Waals surface area contributed by atoms with Gasteiger partial charge in [-0.25, -0.2) is 4.98 Å². The third-order valence-corrected chi connectivity index (χ3v) is 5.52. The highest BCUT2D eigenvalue weighted by atomic mass is 32.1. The van der Waals surface area contributed by atoms with Gasteiger partial charge in [-0.15, -0.1) is 22.7 Å². The summed E-state index contributed by atoms with van der Waals surface area (Å²) in [5.74, 6) is 0.558. The van der Waals surface area contributed by atoms with E-state index in [1.54, 1.807) is 22.7 Å². The first-order valence-electron chi connectivity index (χ1n) is 6.18. The van der Waals surface area contributed by atoms with E-state index in [9.17, 15) is 0 Å². The lowest BCUT2D eigenvalue weighted by Crippen LogP contribution is -2.03. The van der Waals surface area contributed by atoms with Gasteiger partial charge in [0.15, 0.2) is 0 Å². The standard InChI is InChI=1S/C13H14N4S3/c1-8-7-19-13(16-8)10-11(14)17-20-12(10)15-5-4-9-3-2-6-18-9/h2-3,6-7,15H,4-5H2,1H3,(H2,14,17). The van der Waals surface area contributed by atoms with Gasteiger partial charge in [-0.3, -0.25) is 0 Å². The molecule has 0 unspecified atom stereocenters. The number of hydrogen-bond donors (Lipinski definition) is 2. The second-order valence-corrected chi connectivity index (χ2v) is 6.99. The molecule has 0 spiro atoms.